The molecule has 0 spiro atoms. The molecule has 4 nitrogen and oxygen atoms in total. The fourth-order valence-corrected chi connectivity index (χ4v) is 2.28. The smallest absolute Gasteiger partial charge is 0.257 e. The first kappa shape index (κ1) is 14.3. The molecule has 0 fully saturated rings. The maximum atomic E-state index is 12.5. The molecule has 0 heterocycles. The highest BCUT2D eigenvalue weighted by Crippen LogP contribution is 2.29. The van der Waals surface area contributed by atoms with Crippen molar-refractivity contribution in [3.05, 3.63) is 42.0 Å². The Kier molecular flexibility index (Phi) is 4.58. The normalized spacial score (nSPS) is 10.7. The maximum Gasteiger partial charge on any atom is 0.257 e. The average molecular weight is 272 g/mol. The lowest BCUT2D eigenvalue weighted by atomic mass is 10.0. The number of hydrogen-bond donors (Lipinski definition) is 2. The Bertz CT molecular complexity index is 610. The van der Waals surface area contributed by atoms with Gasteiger partial charge in [-0.1, -0.05) is 30.3 Å². The first-order valence-electron chi connectivity index (χ1n) is 6.89. The Hall–Kier alpha value is -2.07. The second-order valence-electron chi connectivity index (χ2n) is 4.71. The van der Waals surface area contributed by atoms with Gasteiger partial charge in [-0.05, 0) is 31.3 Å². The van der Waals surface area contributed by atoms with Crippen molar-refractivity contribution in [3.8, 4) is 5.75 Å². The van der Waals surface area contributed by atoms with Crippen LogP contribution in [0, 0.1) is 0 Å². The highest BCUT2D eigenvalue weighted by Gasteiger charge is 2.18. The van der Waals surface area contributed by atoms with Crippen molar-refractivity contribution in [2.75, 3.05) is 19.6 Å². The predicted molar refractivity (Wildman–Crippen MR) is 80.9 cm³/mol. The first-order valence-corrected chi connectivity index (χ1v) is 6.89. The van der Waals surface area contributed by atoms with Gasteiger partial charge in [0.05, 0.1) is 5.56 Å². The molecule has 2 aromatic carbocycles. The fourth-order valence-electron chi connectivity index (χ4n) is 2.28. The van der Waals surface area contributed by atoms with Gasteiger partial charge in [0.2, 0.25) is 0 Å². The minimum absolute atomic E-state index is 0.0549. The molecule has 0 aromatic heterocycles. The molecule has 2 aromatic rings. The molecule has 0 saturated heterocycles. The summed E-state index contributed by atoms with van der Waals surface area (Å²) in [5.41, 5.74) is 5.84. The third kappa shape index (κ3) is 2.75. The lowest BCUT2D eigenvalue weighted by molar-refractivity contribution is 0.0761. The zero-order valence-electron chi connectivity index (χ0n) is 11.7. The van der Waals surface area contributed by atoms with Crippen molar-refractivity contribution in [2.45, 2.75) is 13.3 Å². The minimum Gasteiger partial charge on any atom is -0.506 e. The van der Waals surface area contributed by atoms with Crippen LogP contribution in [0.1, 0.15) is 23.7 Å². The van der Waals surface area contributed by atoms with E-state index in [1.54, 1.807) is 11.0 Å². The lowest BCUT2D eigenvalue weighted by Crippen LogP contribution is -2.32. The number of nitrogens with zero attached hydrogens (tertiary/aromatic N) is 1. The molecule has 0 aliphatic heterocycles. The maximum absolute atomic E-state index is 12.5. The molecule has 2 rings (SSSR count). The van der Waals surface area contributed by atoms with Gasteiger partial charge < -0.3 is 15.7 Å². The van der Waals surface area contributed by atoms with E-state index in [1.165, 1.54) is 0 Å². The standard InChI is InChI=1S/C16H20N2O2/c1-2-18(11-5-10-17)16(20)14-9-8-12-6-3-4-7-13(12)15(14)19/h3-4,6-9,19H,2,5,10-11,17H2,1H3. The number of amides is 1. The number of phenolic OH excluding ortho intramolecular Hbond substituents is 1. The van der Waals surface area contributed by atoms with Gasteiger partial charge in [0.15, 0.2) is 0 Å². The number of carbonyl (C=O) groups excluding carboxylic acids is 1. The van der Waals surface area contributed by atoms with Crippen molar-refractivity contribution in [3.63, 3.8) is 0 Å². The topological polar surface area (TPSA) is 66.6 Å². The Labute approximate surface area is 118 Å². The highest BCUT2D eigenvalue weighted by molar-refractivity contribution is 6.03. The van der Waals surface area contributed by atoms with E-state index >= 15 is 0 Å². The first-order chi connectivity index (χ1) is 9.69. The zero-order chi connectivity index (χ0) is 14.5. The summed E-state index contributed by atoms with van der Waals surface area (Å²) in [5, 5.41) is 11.9. The van der Waals surface area contributed by atoms with Gasteiger partial charge in [0, 0.05) is 18.5 Å². The highest BCUT2D eigenvalue weighted by atomic mass is 16.3. The zero-order valence-corrected chi connectivity index (χ0v) is 11.7. The van der Waals surface area contributed by atoms with Crippen molar-refractivity contribution in [1.82, 2.24) is 4.90 Å². The number of hydrogen-bond acceptors (Lipinski definition) is 3. The van der Waals surface area contributed by atoms with Crippen LogP contribution in [0.25, 0.3) is 10.8 Å². The van der Waals surface area contributed by atoms with Gasteiger partial charge in [0.25, 0.3) is 5.91 Å². The van der Waals surface area contributed by atoms with E-state index in [1.807, 2.05) is 37.3 Å². The number of fused-ring (bicyclic) bond motifs is 1. The average Bonchev–Trinajstić information content (AvgIpc) is 2.48. The van der Waals surface area contributed by atoms with E-state index < -0.39 is 0 Å². The third-order valence-electron chi connectivity index (χ3n) is 3.43. The van der Waals surface area contributed by atoms with Crippen molar-refractivity contribution < 1.29 is 9.90 Å². The molecule has 0 saturated carbocycles. The van der Waals surface area contributed by atoms with E-state index in [0.717, 1.165) is 11.8 Å². The Morgan fingerprint density at radius 2 is 2.00 bits per heavy atom. The predicted octanol–water partition coefficient (Wildman–Crippen LogP) is 2.36. The van der Waals surface area contributed by atoms with E-state index in [0.29, 0.717) is 30.6 Å². The Morgan fingerprint density at radius 3 is 2.70 bits per heavy atom. The second-order valence-corrected chi connectivity index (χ2v) is 4.71. The van der Waals surface area contributed by atoms with Gasteiger partial charge in [-0.25, -0.2) is 0 Å². The van der Waals surface area contributed by atoms with E-state index in [2.05, 4.69) is 0 Å². The largest absolute Gasteiger partial charge is 0.506 e. The minimum atomic E-state index is -0.149. The van der Waals surface area contributed by atoms with Gasteiger partial charge in [-0.2, -0.15) is 0 Å². The summed E-state index contributed by atoms with van der Waals surface area (Å²) in [6, 6.07) is 11.0. The summed E-state index contributed by atoms with van der Waals surface area (Å²) in [5.74, 6) is -0.0940. The van der Waals surface area contributed by atoms with E-state index in [9.17, 15) is 9.90 Å². The molecular weight excluding hydrogens is 252 g/mol. The Balaban J connectivity index is 2.36. The monoisotopic (exact) mass is 272 g/mol. The summed E-state index contributed by atoms with van der Waals surface area (Å²) in [6.45, 7) is 3.68. The molecule has 0 radical (unpaired) electrons. The van der Waals surface area contributed by atoms with Gasteiger partial charge in [-0.3, -0.25) is 4.79 Å². The number of carbonyl (C=O) groups is 1. The molecule has 106 valence electrons. The SMILES string of the molecule is CCN(CCCN)C(=O)c1ccc2ccccc2c1O. The molecule has 0 aliphatic carbocycles. The van der Waals surface area contributed by atoms with E-state index in [4.69, 9.17) is 5.73 Å². The molecule has 0 bridgehead atoms. The van der Waals surface area contributed by atoms with Crippen LogP contribution in [0.3, 0.4) is 0 Å². The van der Waals surface area contributed by atoms with Crippen LogP contribution in [0.5, 0.6) is 5.75 Å². The van der Waals surface area contributed by atoms with Crippen LogP contribution in [0.2, 0.25) is 0 Å². The molecule has 3 N–H and O–H groups in total. The van der Waals surface area contributed by atoms with Crippen molar-refractivity contribution in [1.29, 1.82) is 0 Å². The van der Waals surface area contributed by atoms with Crippen LogP contribution in [0.15, 0.2) is 36.4 Å². The van der Waals surface area contributed by atoms with Crippen molar-refractivity contribution >= 4 is 16.7 Å². The quantitative estimate of drug-likeness (QED) is 0.878. The number of rotatable bonds is 5. The molecule has 0 aliphatic rings. The molecule has 20 heavy (non-hydrogen) atoms. The number of phenols is 1. The summed E-state index contributed by atoms with van der Waals surface area (Å²) in [4.78, 5) is 14.2. The van der Waals surface area contributed by atoms with Crippen LogP contribution < -0.4 is 5.73 Å². The number of benzene rings is 2. The fraction of sp³-hybridized carbons (Fsp3) is 0.312. The molecule has 1 amide bonds. The number of aromatic hydroxyl groups is 1. The molecular formula is C16H20N2O2. The molecule has 0 atom stereocenters. The summed E-state index contributed by atoms with van der Waals surface area (Å²) >= 11 is 0. The van der Waals surface area contributed by atoms with Gasteiger partial charge >= 0.3 is 0 Å². The lowest BCUT2D eigenvalue weighted by Gasteiger charge is -2.21. The summed E-state index contributed by atoms with van der Waals surface area (Å²) < 4.78 is 0. The number of nitrogens with two attached hydrogens (primary N) is 1. The van der Waals surface area contributed by atoms with Crippen LogP contribution >= 0.6 is 0 Å². The second kappa shape index (κ2) is 6.39. The van der Waals surface area contributed by atoms with Gasteiger partial charge in [-0.15, -0.1) is 0 Å². The third-order valence-corrected chi connectivity index (χ3v) is 3.43. The summed E-state index contributed by atoms with van der Waals surface area (Å²) in [7, 11) is 0. The van der Waals surface area contributed by atoms with Crippen molar-refractivity contribution in [2.24, 2.45) is 5.73 Å². The van der Waals surface area contributed by atoms with Crippen LogP contribution in [-0.4, -0.2) is 35.5 Å². The van der Waals surface area contributed by atoms with Crippen LogP contribution in [-0.2, 0) is 0 Å². The van der Waals surface area contributed by atoms with E-state index in [-0.39, 0.29) is 11.7 Å². The Morgan fingerprint density at radius 1 is 1.25 bits per heavy atom. The molecule has 0 unspecified atom stereocenters. The summed E-state index contributed by atoms with van der Waals surface area (Å²) in [6.07, 6.45) is 0.758. The molecule has 4 heteroatoms. The van der Waals surface area contributed by atoms with Crippen LogP contribution in [0.4, 0.5) is 0 Å². The van der Waals surface area contributed by atoms with Gasteiger partial charge in [0.1, 0.15) is 5.75 Å².